The van der Waals surface area contributed by atoms with Crippen LogP contribution in [0.3, 0.4) is 0 Å². The summed E-state index contributed by atoms with van der Waals surface area (Å²) in [5, 5.41) is 7.36. The fourth-order valence-corrected chi connectivity index (χ4v) is 3.79. The van der Waals surface area contributed by atoms with Crippen LogP contribution in [0.25, 0.3) is 0 Å². The van der Waals surface area contributed by atoms with Gasteiger partial charge in [-0.05, 0) is 30.7 Å². The van der Waals surface area contributed by atoms with Gasteiger partial charge >= 0.3 is 0 Å². The molecule has 114 valence electrons. The molecule has 8 heteroatoms. The number of hydrogen-bond donors (Lipinski definition) is 2. The standard InChI is InChI=1S/C13H18N4O2S2/c1-3-12(14-4-2)10-6-5-7-11(8-10)21(18,19)16-13-9-15-17-20-13/h5-9,12,14,16H,3-4H2,1-2H3. The lowest BCUT2D eigenvalue weighted by Gasteiger charge is -2.17. The second-order valence-electron chi connectivity index (χ2n) is 4.48. The normalized spacial score (nSPS) is 13.0. The SMILES string of the molecule is CCNC(CC)c1cccc(S(=O)(=O)Nc2cnns2)c1. The maximum Gasteiger partial charge on any atom is 0.262 e. The molecule has 0 saturated heterocycles. The third kappa shape index (κ3) is 3.99. The maximum atomic E-state index is 12.3. The zero-order chi connectivity index (χ0) is 15.3. The van der Waals surface area contributed by atoms with Crippen LogP contribution in [-0.4, -0.2) is 24.5 Å². The van der Waals surface area contributed by atoms with E-state index in [0.29, 0.717) is 5.00 Å². The predicted octanol–water partition coefficient (Wildman–Crippen LogP) is 2.40. The van der Waals surface area contributed by atoms with Crippen LogP contribution in [-0.2, 0) is 10.0 Å². The van der Waals surface area contributed by atoms with Gasteiger partial charge in [0.05, 0.1) is 11.1 Å². The highest BCUT2D eigenvalue weighted by Crippen LogP contribution is 2.22. The van der Waals surface area contributed by atoms with Gasteiger partial charge in [0, 0.05) is 17.6 Å². The smallest absolute Gasteiger partial charge is 0.262 e. The molecule has 1 heterocycles. The Morgan fingerprint density at radius 1 is 1.33 bits per heavy atom. The first-order valence-corrected chi connectivity index (χ1v) is 8.96. The molecule has 2 N–H and O–H groups in total. The van der Waals surface area contributed by atoms with Crippen LogP contribution in [0.2, 0.25) is 0 Å². The average molecular weight is 326 g/mol. The van der Waals surface area contributed by atoms with Gasteiger partial charge < -0.3 is 5.32 Å². The van der Waals surface area contributed by atoms with Crippen molar-refractivity contribution in [2.24, 2.45) is 0 Å². The number of anilines is 1. The minimum absolute atomic E-state index is 0.148. The summed E-state index contributed by atoms with van der Waals surface area (Å²) in [5.41, 5.74) is 0.963. The average Bonchev–Trinajstić information content (AvgIpc) is 2.97. The minimum Gasteiger partial charge on any atom is -0.310 e. The molecule has 21 heavy (non-hydrogen) atoms. The highest BCUT2D eigenvalue weighted by Gasteiger charge is 2.17. The topological polar surface area (TPSA) is 84.0 Å². The highest BCUT2D eigenvalue weighted by molar-refractivity contribution is 7.93. The van der Waals surface area contributed by atoms with E-state index in [9.17, 15) is 8.42 Å². The van der Waals surface area contributed by atoms with E-state index in [1.165, 1.54) is 6.20 Å². The number of nitrogens with zero attached hydrogens (tertiary/aromatic N) is 2. The first-order chi connectivity index (χ1) is 10.1. The van der Waals surface area contributed by atoms with Gasteiger partial charge in [0.1, 0.15) is 5.00 Å². The van der Waals surface area contributed by atoms with Gasteiger partial charge in [0.2, 0.25) is 0 Å². The van der Waals surface area contributed by atoms with Crippen LogP contribution < -0.4 is 10.0 Å². The molecule has 2 aromatic rings. The van der Waals surface area contributed by atoms with Crippen molar-refractivity contribution in [1.29, 1.82) is 0 Å². The largest absolute Gasteiger partial charge is 0.310 e. The molecule has 0 spiro atoms. The lowest BCUT2D eigenvalue weighted by Crippen LogP contribution is -2.20. The van der Waals surface area contributed by atoms with E-state index in [4.69, 9.17) is 0 Å². The molecule has 1 atom stereocenters. The first kappa shape index (κ1) is 15.9. The molecule has 0 saturated carbocycles. The summed E-state index contributed by atoms with van der Waals surface area (Å²) in [6, 6.07) is 7.13. The van der Waals surface area contributed by atoms with Gasteiger partial charge in [-0.15, -0.1) is 5.10 Å². The summed E-state index contributed by atoms with van der Waals surface area (Å²) in [6.07, 6.45) is 2.28. The Morgan fingerprint density at radius 3 is 2.76 bits per heavy atom. The number of benzene rings is 1. The van der Waals surface area contributed by atoms with Gasteiger partial charge in [-0.2, -0.15) is 0 Å². The summed E-state index contributed by atoms with van der Waals surface area (Å²) >= 11 is 1.00. The molecular weight excluding hydrogens is 308 g/mol. The molecule has 1 aromatic heterocycles. The second-order valence-corrected chi connectivity index (χ2v) is 6.95. The van der Waals surface area contributed by atoms with E-state index in [2.05, 4.69) is 26.5 Å². The summed E-state index contributed by atoms with van der Waals surface area (Å²) in [5.74, 6) is 0. The van der Waals surface area contributed by atoms with Crippen LogP contribution in [0, 0.1) is 0 Å². The van der Waals surface area contributed by atoms with Crippen molar-refractivity contribution in [3.05, 3.63) is 36.0 Å². The molecular formula is C13H18N4O2S2. The molecule has 0 radical (unpaired) electrons. The first-order valence-electron chi connectivity index (χ1n) is 6.70. The molecule has 0 aliphatic carbocycles. The fourth-order valence-electron chi connectivity index (χ4n) is 2.05. The Bertz CT molecular complexity index is 671. The molecule has 0 bridgehead atoms. The van der Waals surface area contributed by atoms with Crippen molar-refractivity contribution >= 4 is 26.6 Å². The van der Waals surface area contributed by atoms with E-state index >= 15 is 0 Å². The molecule has 0 fully saturated rings. The van der Waals surface area contributed by atoms with E-state index < -0.39 is 10.0 Å². The highest BCUT2D eigenvalue weighted by atomic mass is 32.2. The number of hydrogen-bond acceptors (Lipinski definition) is 6. The van der Waals surface area contributed by atoms with Crippen molar-refractivity contribution in [2.75, 3.05) is 11.3 Å². The molecule has 1 unspecified atom stereocenters. The Hall–Kier alpha value is -1.51. The Balaban J connectivity index is 2.27. The van der Waals surface area contributed by atoms with Gasteiger partial charge in [0.15, 0.2) is 0 Å². The van der Waals surface area contributed by atoms with Gasteiger partial charge in [-0.3, -0.25) is 4.72 Å². The Kier molecular flexibility index (Phi) is 5.27. The number of nitrogens with one attached hydrogen (secondary N) is 2. The maximum absolute atomic E-state index is 12.3. The molecule has 6 nitrogen and oxygen atoms in total. The van der Waals surface area contributed by atoms with Gasteiger partial charge in [0.25, 0.3) is 10.0 Å². The fraction of sp³-hybridized carbons (Fsp3) is 0.385. The number of aromatic nitrogens is 2. The molecule has 0 amide bonds. The van der Waals surface area contributed by atoms with E-state index in [1.807, 2.05) is 13.0 Å². The monoisotopic (exact) mass is 326 g/mol. The third-order valence-corrected chi connectivity index (χ3v) is 5.10. The number of sulfonamides is 1. The van der Waals surface area contributed by atoms with Crippen molar-refractivity contribution in [1.82, 2.24) is 14.9 Å². The summed E-state index contributed by atoms with van der Waals surface area (Å²) < 4.78 is 30.8. The Labute approximate surface area is 128 Å². The molecule has 1 aromatic carbocycles. The van der Waals surface area contributed by atoms with Crippen LogP contribution in [0.15, 0.2) is 35.4 Å². The molecule has 0 aliphatic rings. The van der Waals surface area contributed by atoms with E-state index in [0.717, 1.165) is 30.1 Å². The predicted molar refractivity (Wildman–Crippen MR) is 83.9 cm³/mol. The second kappa shape index (κ2) is 6.97. The summed E-state index contributed by atoms with van der Waals surface area (Å²) in [7, 11) is -3.61. The third-order valence-electron chi connectivity index (χ3n) is 3.03. The van der Waals surface area contributed by atoms with Crippen molar-refractivity contribution < 1.29 is 8.42 Å². The summed E-state index contributed by atoms with van der Waals surface area (Å²) in [4.78, 5) is 0.241. The minimum atomic E-state index is -3.61. The van der Waals surface area contributed by atoms with Crippen molar-refractivity contribution in [3.63, 3.8) is 0 Å². The van der Waals surface area contributed by atoms with Crippen molar-refractivity contribution in [2.45, 2.75) is 31.2 Å². The van der Waals surface area contributed by atoms with E-state index in [1.54, 1.807) is 18.2 Å². The summed E-state index contributed by atoms with van der Waals surface area (Å²) in [6.45, 7) is 4.93. The van der Waals surface area contributed by atoms with Gasteiger partial charge in [-0.1, -0.05) is 30.5 Å². The van der Waals surface area contributed by atoms with Crippen molar-refractivity contribution in [3.8, 4) is 0 Å². The molecule has 2 rings (SSSR count). The van der Waals surface area contributed by atoms with Gasteiger partial charge in [-0.25, -0.2) is 8.42 Å². The van der Waals surface area contributed by atoms with Crippen LogP contribution in [0.5, 0.6) is 0 Å². The Morgan fingerprint density at radius 2 is 2.14 bits per heavy atom. The number of rotatable bonds is 7. The lowest BCUT2D eigenvalue weighted by molar-refractivity contribution is 0.536. The quantitative estimate of drug-likeness (QED) is 0.816. The van der Waals surface area contributed by atoms with Crippen LogP contribution in [0.1, 0.15) is 31.9 Å². The van der Waals surface area contributed by atoms with E-state index in [-0.39, 0.29) is 10.9 Å². The lowest BCUT2D eigenvalue weighted by atomic mass is 10.0. The zero-order valence-corrected chi connectivity index (χ0v) is 13.5. The molecule has 0 aliphatic heterocycles. The zero-order valence-electron chi connectivity index (χ0n) is 11.9. The van der Waals surface area contributed by atoms with Crippen LogP contribution >= 0.6 is 11.5 Å². The van der Waals surface area contributed by atoms with Crippen LogP contribution in [0.4, 0.5) is 5.00 Å².